The van der Waals surface area contributed by atoms with Crippen molar-refractivity contribution in [1.82, 2.24) is 19.5 Å². The highest BCUT2D eigenvalue weighted by molar-refractivity contribution is 6.30. The first-order valence-electron chi connectivity index (χ1n) is 11.3. The van der Waals surface area contributed by atoms with Gasteiger partial charge in [0.1, 0.15) is 0 Å². The number of carbonyl (C=O) groups is 1. The van der Waals surface area contributed by atoms with Gasteiger partial charge in [-0.05, 0) is 37.1 Å². The molecule has 1 aliphatic heterocycles. The first-order chi connectivity index (χ1) is 16.4. The maximum Gasteiger partial charge on any atom is 0.255 e. The number of nitrogens with zero attached hydrogens (tertiary/aromatic N) is 4. The minimum atomic E-state index is -0.588. The first kappa shape index (κ1) is 24.3. The molecule has 2 atom stereocenters. The first-order valence-corrected chi connectivity index (χ1v) is 11.7. The Kier molecular flexibility index (Phi) is 7.25. The van der Waals surface area contributed by atoms with Crippen LogP contribution in [0, 0.1) is 0 Å². The van der Waals surface area contributed by atoms with Crippen molar-refractivity contribution in [3.63, 3.8) is 0 Å². The lowest BCUT2D eigenvalue weighted by Crippen LogP contribution is -2.57. The minimum absolute atomic E-state index is 0.000968. The number of benzene rings is 1. The average Bonchev–Trinajstić information content (AvgIpc) is 3.25. The van der Waals surface area contributed by atoms with Crippen LogP contribution in [0.5, 0.6) is 5.75 Å². The number of halogens is 1. The van der Waals surface area contributed by atoms with Crippen LogP contribution in [0.15, 0.2) is 36.5 Å². The van der Waals surface area contributed by atoms with Crippen LogP contribution in [-0.4, -0.2) is 69.0 Å². The zero-order valence-corrected chi connectivity index (χ0v) is 20.4. The highest BCUT2D eigenvalue weighted by Crippen LogP contribution is 2.29. The van der Waals surface area contributed by atoms with Crippen LogP contribution < -0.4 is 10.1 Å². The number of ether oxygens (including phenoxy) is 2. The van der Waals surface area contributed by atoms with Gasteiger partial charge in [0.25, 0.3) is 5.91 Å². The molecule has 0 spiro atoms. The van der Waals surface area contributed by atoms with Crippen molar-refractivity contribution < 1.29 is 19.4 Å². The molecular formula is C24H30ClN5O4. The van der Waals surface area contributed by atoms with Gasteiger partial charge < -0.3 is 24.8 Å². The van der Waals surface area contributed by atoms with E-state index in [1.54, 1.807) is 23.9 Å². The smallest absolute Gasteiger partial charge is 0.255 e. The fourth-order valence-corrected chi connectivity index (χ4v) is 4.39. The molecule has 1 amide bonds. The van der Waals surface area contributed by atoms with Gasteiger partial charge in [0.15, 0.2) is 11.4 Å². The molecule has 10 heteroatoms. The molecule has 3 aromatic rings. The molecule has 1 aliphatic rings. The second-order valence-corrected chi connectivity index (χ2v) is 9.15. The number of hydrogen-bond acceptors (Lipinski definition) is 7. The largest absolute Gasteiger partial charge is 0.493 e. The fraction of sp³-hybridized carbons (Fsp3) is 0.458. The van der Waals surface area contributed by atoms with Crippen molar-refractivity contribution in [3.8, 4) is 5.75 Å². The number of anilines is 1. The normalized spacial score (nSPS) is 20.5. The van der Waals surface area contributed by atoms with E-state index in [1.807, 2.05) is 43.0 Å². The molecule has 182 valence electrons. The molecule has 1 fully saturated rings. The van der Waals surface area contributed by atoms with E-state index in [4.69, 9.17) is 21.1 Å². The van der Waals surface area contributed by atoms with E-state index < -0.39 is 5.60 Å². The highest BCUT2D eigenvalue weighted by Gasteiger charge is 2.39. The van der Waals surface area contributed by atoms with Crippen LogP contribution in [0.3, 0.4) is 0 Å². The molecule has 9 nitrogen and oxygen atoms in total. The summed E-state index contributed by atoms with van der Waals surface area (Å²) in [4.78, 5) is 19.9. The Balaban J connectivity index is 1.60. The standard InChI is InChI=1S/C24H30ClN5O4/c1-4-19-14-34-24(2,8-9-31)15-29(19)22(32)17-11-20(33-3)21-27-23(28-30(21)13-17)26-12-16-6-5-7-18(25)10-16/h5-7,10-11,13,19,31H,4,8-9,12,14-15H2,1-3H3,(H,26,28). The predicted molar refractivity (Wildman–Crippen MR) is 129 cm³/mol. The average molecular weight is 488 g/mol. The molecule has 1 saturated heterocycles. The summed E-state index contributed by atoms with van der Waals surface area (Å²) in [5.41, 5.74) is 1.36. The molecule has 0 aliphatic carbocycles. The molecular weight excluding hydrogens is 458 g/mol. The number of fused-ring (bicyclic) bond motifs is 1. The molecule has 34 heavy (non-hydrogen) atoms. The van der Waals surface area contributed by atoms with E-state index in [1.165, 1.54) is 0 Å². The van der Waals surface area contributed by atoms with Crippen molar-refractivity contribution in [2.45, 2.75) is 44.9 Å². The third-order valence-electron chi connectivity index (χ3n) is 6.15. The van der Waals surface area contributed by atoms with E-state index in [0.29, 0.717) is 54.0 Å². The number of methoxy groups -OCH3 is 1. The fourth-order valence-electron chi connectivity index (χ4n) is 4.18. The third kappa shape index (κ3) is 5.11. The van der Waals surface area contributed by atoms with Crippen molar-refractivity contribution in [2.75, 3.05) is 32.2 Å². The Hall–Kier alpha value is -2.88. The third-order valence-corrected chi connectivity index (χ3v) is 6.38. The van der Waals surface area contributed by atoms with Crippen molar-refractivity contribution in [2.24, 2.45) is 0 Å². The minimum Gasteiger partial charge on any atom is -0.493 e. The second kappa shape index (κ2) is 10.2. The Morgan fingerprint density at radius 3 is 2.94 bits per heavy atom. The van der Waals surface area contributed by atoms with E-state index in [-0.39, 0.29) is 18.6 Å². The van der Waals surface area contributed by atoms with E-state index in [0.717, 1.165) is 12.0 Å². The number of aromatic nitrogens is 3. The lowest BCUT2D eigenvalue weighted by molar-refractivity contribution is -0.121. The molecule has 3 heterocycles. The number of carbonyl (C=O) groups excluding carboxylic acids is 1. The zero-order chi connectivity index (χ0) is 24.3. The number of pyridine rings is 1. The van der Waals surface area contributed by atoms with Crippen molar-refractivity contribution in [1.29, 1.82) is 0 Å². The summed E-state index contributed by atoms with van der Waals surface area (Å²) >= 11 is 6.06. The van der Waals surface area contributed by atoms with Gasteiger partial charge in [-0.1, -0.05) is 30.7 Å². The highest BCUT2D eigenvalue weighted by atomic mass is 35.5. The SMILES string of the molecule is CCC1COC(C)(CCO)CN1C(=O)c1cc(OC)c2nc(NCc3cccc(Cl)c3)nn2c1. The molecule has 4 rings (SSSR count). The summed E-state index contributed by atoms with van der Waals surface area (Å²) in [6, 6.07) is 9.19. The maximum atomic E-state index is 13.6. The van der Waals surface area contributed by atoms with Crippen LogP contribution in [0.1, 0.15) is 42.6 Å². The number of aliphatic hydroxyl groups is 1. The molecule has 1 aromatic carbocycles. The maximum absolute atomic E-state index is 13.6. The molecule has 0 saturated carbocycles. The number of morpholine rings is 1. The van der Waals surface area contributed by atoms with Gasteiger partial charge in [0.2, 0.25) is 5.95 Å². The Morgan fingerprint density at radius 1 is 1.41 bits per heavy atom. The number of rotatable bonds is 8. The molecule has 0 radical (unpaired) electrons. The van der Waals surface area contributed by atoms with Gasteiger partial charge in [-0.15, -0.1) is 5.10 Å². The van der Waals surface area contributed by atoms with Crippen LogP contribution >= 0.6 is 11.6 Å². The quantitative estimate of drug-likeness (QED) is 0.502. The molecule has 2 N–H and O–H groups in total. The molecule has 2 unspecified atom stereocenters. The lowest BCUT2D eigenvalue weighted by atomic mass is 9.96. The van der Waals surface area contributed by atoms with Crippen molar-refractivity contribution >= 4 is 29.1 Å². The van der Waals surface area contributed by atoms with Gasteiger partial charge in [-0.25, -0.2) is 4.52 Å². The zero-order valence-electron chi connectivity index (χ0n) is 19.6. The summed E-state index contributed by atoms with van der Waals surface area (Å²) in [7, 11) is 1.54. The predicted octanol–water partition coefficient (Wildman–Crippen LogP) is 3.40. The van der Waals surface area contributed by atoms with Crippen LogP contribution in [-0.2, 0) is 11.3 Å². The molecule has 0 bridgehead atoms. The summed E-state index contributed by atoms with van der Waals surface area (Å²) in [6.45, 7) is 5.28. The number of nitrogens with one attached hydrogen (secondary N) is 1. The topological polar surface area (TPSA) is 101 Å². The monoisotopic (exact) mass is 487 g/mol. The summed E-state index contributed by atoms with van der Waals surface area (Å²) in [5, 5.41) is 17.8. The van der Waals surface area contributed by atoms with Gasteiger partial charge in [0.05, 0.1) is 37.5 Å². The molecule has 2 aromatic heterocycles. The van der Waals surface area contributed by atoms with Gasteiger partial charge in [-0.3, -0.25) is 4.79 Å². The second-order valence-electron chi connectivity index (χ2n) is 8.71. The number of amides is 1. The Labute approximate surface area is 203 Å². The van der Waals surface area contributed by atoms with Crippen LogP contribution in [0.2, 0.25) is 5.02 Å². The van der Waals surface area contributed by atoms with E-state index in [2.05, 4.69) is 15.4 Å². The van der Waals surface area contributed by atoms with Gasteiger partial charge >= 0.3 is 0 Å². The Morgan fingerprint density at radius 2 is 2.24 bits per heavy atom. The number of aliphatic hydroxyl groups excluding tert-OH is 1. The van der Waals surface area contributed by atoms with Crippen LogP contribution in [0.25, 0.3) is 5.65 Å². The lowest BCUT2D eigenvalue weighted by Gasteiger charge is -2.45. The number of hydrogen-bond donors (Lipinski definition) is 2. The van der Waals surface area contributed by atoms with E-state index >= 15 is 0 Å². The van der Waals surface area contributed by atoms with Gasteiger partial charge in [0, 0.05) is 30.8 Å². The summed E-state index contributed by atoms with van der Waals surface area (Å²) < 4.78 is 13.1. The Bertz CT molecular complexity index is 1170. The summed E-state index contributed by atoms with van der Waals surface area (Å²) in [5.74, 6) is 0.730. The van der Waals surface area contributed by atoms with Gasteiger partial charge in [-0.2, -0.15) is 4.98 Å². The summed E-state index contributed by atoms with van der Waals surface area (Å²) in [6.07, 6.45) is 2.89. The van der Waals surface area contributed by atoms with Crippen LogP contribution in [0.4, 0.5) is 5.95 Å². The van der Waals surface area contributed by atoms with Crippen molar-refractivity contribution in [3.05, 3.63) is 52.7 Å². The van der Waals surface area contributed by atoms with E-state index in [9.17, 15) is 9.90 Å².